The molecule has 0 fully saturated rings. The lowest BCUT2D eigenvalue weighted by molar-refractivity contribution is 0.254. The minimum atomic E-state index is -0.456. The Morgan fingerprint density at radius 3 is 2.68 bits per heavy atom. The third kappa shape index (κ3) is 2.47. The maximum Gasteiger partial charge on any atom is 0.331 e. The number of amides is 1. The number of methoxy groups -OCH3 is 1. The Hall–Kier alpha value is -2.31. The Kier molecular flexibility index (Phi) is 3.87. The summed E-state index contributed by atoms with van der Waals surface area (Å²) in [6, 6.07) is 4.88. The molecule has 3 rings (SSSR count). The first kappa shape index (κ1) is 14.6. The van der Waals surface area contributed by atoms with Crippen molar-refractivity contribution in [3.05, 3.63) is 47.0 Å². The van der Waals surface area contributed by atoms with E-state index in [0.717, 1.165) is 0 Å². The van der Waals surface area contributed by atoms with E-state index in [-0.39, 0.29) is 10.0 Å². The Morgan fingerprint density at radius 1 is 1.27 bits per heavy atom. The van der Waals surface area contributed by atoms with Crippen LogP contribution in [0.1, 0.15) is 0 Å². The molecule has 0 spiro atoms. The van der Waals surface area contributed by atoms with Crippen LogP contribution in [0.25, 0.3) is 11.0 Å². The Labute approximate surface area is 135 Å². The third-order valence-electron chi connectivity index (χ3n) is 3.05. The number of aromatic nitrogens is 3. The van der Waals surface area contributed by atoms with Gasteiger partial charge in [-0.25, -0.2) is 14.3 Å². The van der Waals surface area contributed by atoms with Gasteiger partial charge in [0, 0.05) is 12.4 Å². The SMILES string of the molecule is COc1cccc2ncn(C(=O)Nc3c(Cl)cncc3Cl)c12. The van der Waals surface area contributed by atoms with E-state index in [1.807, 2.05) is 0 Å². The number of nitrogens with zero attached hydrogens (tertiary/aromatic N) is 3. The van der Waals surface area contributed by atoms with Crippen molar-refractivity contribution < 1.29 is 9.53 Å². The van der Waals surface area contributed by atoms with Gasteiger partial charge in [0.2, 0.25) is 0 Å². The normalized spacial score (nSPS) is 10.7. The number of hydrogen-bond acceptors (Lipinski definition) is 4. The number of rotatable bonds is 2. The fourth-order valence-electron chi connectivity index (χ4n) is 2.05. The number of carbonyl (C=O) groups excluding carboxylic acids is 1. The van der Waals surface area contributed by atoms with Gasteiger partial charge in [0.1, 0.15) is 17.6 Å². The molecule has 0 radical (unpaired) electrons. The van der Waals surface area contributed by atoms with Crippen LogP contribution in [0.5, 0.6) is 5.75 Å². The van der Waals surface area contributed by atoms with Crippen LogP contribution in [0.3, 0.4) is 0 Å². The molecule has 112 valence electrons. The molecule has 0 aliphatic rings. The smallest absolute Gasteiger partial charge is 0.331 e. The fourth-order valence-corrected chi connectivity index (χ4v) is 2.51. The number of nitrogens with one attached hydrogen (secondary N) is 1. The van der Waals surface area contributed by atoms with Gasteiger partial charge in [-0.3, -0.25) is 4.98 Å². The molecule has 2 heterocycles. The van der Waals surface area contributed by atoms with Crippen molar-refractivity contribution in [2.75, 3.05) is 12.4 Å². The van der Waals surface area contributed by atoms with Crippen molar-refractivity contribution in [3.63, 3.8) is 0 Å². The van der Waals surface area contributed by atoms with Crippen LogP contribution in [0.2, 0.25) is 10.0 Å². The number of imidazole rings is 1. The lowest BCUT2D eigenvalue weighted by Gasteiger charge is -2.10. The van der Waals surface area contributed by atoms with Crippen molar-refractivity contribution >= 4 is 46.0 Å². The van der Waals surface area contributed by atoms with Crippen molar-refractivity contribution in [2.45, 2.75) is 0 Å². The molecule has 22 heavy (non-hydrogen) atoms. The quantitative estimate of drug-likeness (QED) is 0.772. The van der Waals surface area contributed by atoms with E-state index in [4.69, 9.17) is 27.9 Å². The first-order chi connectivity index (χ1) is 10.6. The molecule has 0 saturated carbocycles. The van der Waals surface area contributed by atoms with E-state index >= 15 is 0 Å². The average molecular weight is 337 g/mol. The summed E-state index contributed by atoms with van der Waals surface area (Å²) in [5.41, 5.74) is 1.49. The van der Waals surface area contributed by atoms with Gasteiger partial charge in [-0.1, -0.05) is 29.3 Å². The molecule has 0 aliphatic carbocycles. The highest BCUT2D eigenvalue weighted by atomic mass is 35.5. The summed E-state index contributed by atoms with van der Waals surface area (Å²) < 4.78 is 6.61. The topological polar surface area (TPSA) is 69.0 Å². The number of carbonyl (C=O) groups is 1. The highest BCUT2D eigenvalue weighted by molar-refractivity contribution is 6.39. The summed E-state index contributed by atoms with van der Waals surface area (Å²) in [4.78, 5) is 20.5. The zero-order valence-electron chi connectivity index (χ0n) is 11.4. The third-order valence-corrected chi connectivity index (χ3v) is 3.63. The van der Waals surface area contributed by atoms with Gasteiger partial charge in [-0.15, -0.1) is 0 Å². The molecule has 0 saturated heterocycles. The van der Waals surface area contributed by atoms with E-state index in [1.54, 1.807) is 18.2 Å². The lowest BCUT2D eigenvalue weighted by Crippen LogP contribution is -2.19. The van der Waals surface area contributed by atoms with Crippen LogP contribution in [0.15, 0.2) is 36.9 Å². The van der Waals surface area contributed by atoms with Crippen molar-refractivity contribution in [2.24, 2.45) is 0 Å². The molecular weight excluding hydrogens is 327 g/mol. The minimum absolute atomic E-state index is 0.247. The van der Waals surface area contributed by atoms with Crippen molar-refractivity contribution in [3.8, 4) is 5.75 Å². The summed E-state index contributed by atoms with van der Waals surface area (Å²) in [5, 5.41) is 3.14. The van der Waals surface area contributed by atoms with Crippen LogP contribution >= 0.6 is 23.2 Å². The number of hydrogen-bond donors (Lipinski definition) is 1. The van der Waals surface area contributed by atoms with Crippen molar-refractivity contribution in [1.82, 2.24) is 14.5 Å². The predicted molar refractivity (Wildman–Crippen MR) is 85.0 cm³/mol. The van der Waals surface area contributed by atoms with Crippen LogP contribution in [-0.2, 0) is 0 Å². The summed E-state index contributed by atoms with van der Waals surface area (Å²) in [6.07, 6.45) is 4.21. The van der Waals surface area contributed by atoms with Gasteiger partial charge in [-0.2, -0.15) is 0 Å². The maximum atomic E-state index is 12.5. The van der Waals surface area contributed by atoms with E-state index in [1.165, 1.54) is 30.4 Å². The number of ether oxygens (including phenoxy) is 1. The molecular formula is C14H10Cl2N4O2. The first-order valence-electron chi connectivity index (χ1n) is 6.22. The molecule has 0 bridgehead atoms. The highest BCUT2D eigenvalue weighted by Crippen LogP contribution is 2.30. The summed E-state index contributed by atoms with van der Waals surface area (Å²) in [5.74, 6) is 0.539. The van der Waals surface area contributed by atoms with Gasteiger partial charge in [0.25, 0.3) is 0 Å². The average Bonchev–Trinajstić information content (AvgIpc) is 2.95. The Morgan fingerprint density at radius 2 is 2.00 bits per heavy atom. The van der Waals surface area contributed by atoms with Crippen LogP contribution in [-0.4, -0.2) is 27.7 Å². The zero-order chi connectivity index (χ0) is 15.7. The summed E-state index contributed by atoms with van der Waals surface area (Å²) >= 11 is 12.0. The number of fused-ring (bicyclic) bond motifs is 1. The van der Waals surface area contributed by atoms with Crippen LogP contribution < -0.4 is 10.1 Å². The first-order valence-corrected chi connectivity index (χ1v) is 6.98. The molecule has 1 N–H and O–H groups in total. The molecule has 0 atom stereocenters. The second-order valence-electron chi connectivity index (χ2n) is 4.35. The van der Waals surface area contributed by atoms with Crippen molar-refractivity contribution in [1.29, 1.82) is 0 Å². The van der Waals surface area contributed by atoms with Gasteiger partial charge in [0.15, 0.2) is 0 Å². The van der Waals surface area contributed by atoms with Crippen LogP contribution in [0, 0.1) is 0 Å². The summed E-state index contributed by atoms with van der Waals surface area (Å²) in [6.45, 7) is 0. The lowest BCUT2D eigenvalue weighted by atomic mass is 10.3. The Bertz CT molecular complexity index is 843. The second kappa shape index (κ2) is 5.82. The summed E-state index contributed by atoms with van der Waals surface area (Å²) in [7, 11) is 1.53. The highest BCUT2D eigenvalue weighted by Gasteiger charge is 2.16. The van der Waals surface area contributed by atoms with Crippen LogP contribution in [0.4, 0.5) is 10.5 Å². The zero-order valence-corrected chi connectivity index (χ0v) is 12.9. The molecule has 1 aromatic carbocycles. The number of anilines is 1. The van der Waals surface area contributed by atoms with E-state index in [2.05, 4.69) is 15.3 Å². The van der Waals surface area contributed by atoms with Gasteiger partial charge in [-0.05, 0) is 12.1 Å². The monoisotopic (exact) mass is 336 g/mol. The van der Waals surface area contributed by atoms with Gasteiger partial charge in [0.05, 0.1) is 28.4 Å². The minimum Gasteiger partial charge on any atom is -0.494 e. The molecule has 0 unspecified atom stereocenters. The van der Waals surface area contributed by atoms with E-state index < -0.39 is 6.03 Å². The van der Waals surface area contributed by atoms with Gasteiger partial charge < -0.3 is 10.1 Å². The fraction of sp³-hybridized carbons (Fsp3) is 0.0714. The molecule has 1 amide bonds. The Balaban J connectivity index is 2.03. The van der Waals surface area contributed by atoms with E-state index in [9.17, 15) is 4.79 Å². The maximum absolute atomic E-state index is 12.5. The molecule has 2 aromatic heterocycles. The largest absolute Gasteiger partial charge is 0.494 e. The van der Waals surface area contributed by atoms with E-state index in [0.29, 0.717) is 22.5 Å². The standard InChI is InChI=1S/C14H10Cl2N4O2/c1-22-11-4-2-3-10-13(11)20(7-18-10)14(21)19-12-8(15)5-17-6-9(12)16/h2-7H,1H3,(H,17,19,21). The molecule has 0 aliphatic heterocycles. The number of para-hydroxylation sites is 1. The molecule has 3 aromatic rings. The molecule has 8 heteroatoms. The number of halogens is 2. The number of benzene rings is 1. The second-order valence-corrected chi connectivity index (χ2v) is 5.17. The molecule has 6 nitrogen and oxygen atoms in total. The number of pyridine rings is 1. The van der Waals surface area contributed by atoms with Gasteiger partial charge >= 0.3 is 6.03 Å². The predicted octanol–water partition coefficient (Wildman–Crippen LogP) is 3.83.